The summed E-state index contributed by atoms with van der Waals surface area (Å²) in [5.41, 5.74) is 3.10. The van der Waals surface area contributed by atoms with E-state index in [0.29, 0.717) is 25.2 Å². The van der Waals surface area contributed by atoms with Gasteiger partial charge in [0, 0.05) is 24.2 Å². The van der Waals surface area contributed by atoms with Crippen LogP contribution < -0.4 is 0 Å². The van der Waals surface area contributed by atoms with Gasteiger partial charge in [-0.2, -0.15) is 0 Å². The van der Waals surface area contributed by atoms with Gasteiger partial charge in [-0.3, -0.25) is 14.3 Å². The Balaban J connectivity index is 1.24. The van der Waals surface area contributed by atoms with E-state index in [9.17, 15) is 24.6 Å². The lowest BCUT2D eigenvalue weighted by Gasteiger charge is -2.41. The number of aliphatic hydroxyl groups excluding tert-OH is 2. The summed E-state index contributed by atoms with van der Waals surface area (Å²) in [6.45, 7) is 7.98. The molecule has 1 aromatic carbocycles. The second kappa shape index (κ2) is 17.7. The van der Waals surface area contributed by atoms with Gasteiger partial charge in [-0.05, 0) is 58.0 Å². The molecular formula is C39H53N7O9. The topological polar surface area (TPSA) is 197 Å². The maximum atomic E-state index is 13.6. The lowest BCUT2D eigenvalue weighted by molar-refractivity contribution is -0.269. The van der Waals surface area contributed by atoms with Gasteiger partial charge < -0.3 is 38.9 Å². The Morgan fingerprint density at radius 3 is 2.60 bits per heavy atom. The molecule has 2 saturated heterocycles. The first-order valence-corrected chi connectivity index (χ1v) is 19.1. The highest BCUT2D eigenvalue weighted by atomic mass is 16.8. The van der Waals surface area contributed by atoms with E-state index in [2.05, 4.69) is 20.6 Å². The number of para-hydroxylation sites is 1. The number of fused-ring (bicyclic) bond motifs is 2. The molecule has 0 aliphatic carbocycles. The lowest BCUT2D eigenvalue weighted by Crippen LogP contribution is -2.56. The molecule has 5 heterocycles. The fourth-order valence-corrected chi connectivity index (χ4v) is 7.84. The van der Waals surface area contributed by atoms with Crippen LogP contribution in [0.1, 0.15) is 59.1 Å². The summed E-state index contributed by atoms with van der Waals surface area (Å²) in [5, 5.41) is 40.1. The largest absolute Gasteiger partial charge is 0.462 e. The van der Waals surface area contributed by atoms with E-state index in [1.54, 1.807) is 29.3 Å². The number of ether oxygens (including phenoxy) is 4. The Kier molecular flexibility index (Phi) is 13.0. The SMILES string of the molecule is CC[C@H]1OC(=O)C[C@@H](O)[C@H](C)[C@@H](O[C@@H]2O[C@@H]3OC3C(N(C)C)C2O)[C@@H](CC=O)C[C@@H](C)C(=O)/C=C/C(C)=C/[C@@H]1Cn1cc(Cn2nnc3ccccc32)nn1. The van der Waals surface area contributed by atoms with E-state index >= 15 is 0 Å². The van der Waals surface area contributed by atoms with E-state index in [-0.39, 0.29) is 37.1 Å². The number of epoxide rings is 1. The minimum atomic E-state index is -1.25. The summed E-state index contributed by atoms with van der Waals surface area (Å²) in [5.74, 6) is -2.91. The van der Waals surface area contributed by atoms with Crippen molar-refractivity contribution < 1.29 is 43.5 Å². The van der Waals surface area contributed by atoms with Crippen LogP contribution in [0.3, 0.4) is 0 Å². The van der Waals surface area contributed by atoms with Crippen LogP contribution in [0, 0.1) is 23.7 Å². The number of cyclic esters (lactones) is 1. The zero-order valence-electron chi connectivity index (χ0n) is 32.2. The van der Waals surface area contributed by atoms with E-state index < -0.39 is 66.8 Å². The molecule has 3 aliphatic rings. The Labute approximate surface area is 320 Å². The van der Waals surface area contributed by atoms with Crippen molar-refractivity contribution >= 4 is 29.1 Å². The predicted octanol–water partition coefficient (Wildman–Crippen LogP) is 2.47. The number of hydrogen-bond donors (Lipinski definition) is 2. The van der Waals surface area contributed by atoms with Crippen LogP contribution in [0.4, 0.5) is 0 Å². The molecule has 2 aromatic heterocycles. The highest BCUT2D eigenvalue weighted by Crippen LogP contribution is 2.40. The second-order valence-corrected chi connectivity index (χ2v) is 15.4. The molecule has 16 nitrogen and oxygen atoms in total. The third-order valence-electron chi connectivity index (χ3n) is 11.0. The Bertz CT molecular complexity index is 1860. The summed E-state index contributed by atoms with van der Waals surface area (Å²) < 4.78 is 27.6. The van der Waals surface area contributed by atoms with Crippen LogP contribution in [0.5, 0.6) is 0 Å². The molecule has 0 radical (unpaired) electrons. The zero-order chi connectivity index (χ0) is 39.4. The summed E-state index contributed by atoms with van der Waals surface area (Å²) in [4.78, 5) is 41.0. The number of esters is 1. The summed E-state index contributed by atoms with van der Waals surface area (Å²) in [7, 11) is 3.65. The zero-order valence-corrected chi connectivity index (χ0v) is 32.2. The van der Waals surface area contributed by atoms with Gasteiger partial charge in [-0.1, -0.05) is 61.1 Å². The lowest BCUT2D eigenvalue weighted by atomic mass is 9.79. The number of rotatable bonds is 10. The van der Waals surface area contributed by atoms with E-state index in [1.165, 1.54) is 6.08 Å². The molecular weight excluding hydrogens is 710 g/mol. The number of hydrogen-bond acceptors (Lipinski definition) is 14. The van der Waals surface area contributed by atoms with Gasteiger partial charge in [0.05, 0.1) is 49.5 Å². The number of ketones is 1. The number of carbonyl (C=O) groups is 3. The first kappa shape index (κ1) is 40.5. The van der Waals surface area contributed by atoms with Crippen LogP contribution in [-0.4, -0.2) is 126 Å². The molecule has 298 valence electrons. The second-order valence-electron chi connectivity index (χ2n) is 15.4. The number of allylic oxidation sites excluding steroid dienone is 3. The summed E-state index contributed by atoms with van der Waals surface area (Å²) in [6.07, 6.45) is 2.31. The highest BCUT2D eigenvalue weighted by Gasteiger charge is 2.58. The molecule has 0 saturated carbocycles. The van der Waals surface area contributed by atoms with Crippen molar-refractivity contribution in [3.8, 4) is 0 Å². The van der Waals surface area contributed by atoms with E-state index in [0.717, 1.165) is 22.9 Å². The molecule has 2 N–H and O–H groups in total. The molecule has 0 amide bonds. The van der Waals surface area contributed by atoms with Gasteiger partial charge in [0.25, 0.3) is 0 Å². The quantitative estimate of drug-likeness (QED) is 0.174. The van der Waals surface area contributed by atoms with E-state index in [4.69, 9.17) is 18.9 Å². The summed E-state index contributed by atoms with van der Waals surface area (Å²) in [6, 6.07) is 7.24. The van der Waals surface area contributed by atoms with Crippen molar-refractivity contribution in [1.82, 2.24) is 34.9 Å². The fraction of sp³-hybridized carbons (Fsp3) is 0.615. The van der Waals surface area contributed by atoms with Gasteiger partial charge in [0.2, 0.25) is 0 Å². The molecule has 12 atom stereocenters. The van der Waals surface area contributed by atoms with Gasteiger partial charge >= 0.3 is 5.97 Å². The van der Waals surface area contributed by atoms with Crippen molar-refractivity contribution in [1.29, 1.82) is 0 Å². The Morgan fingerprint density at radius 1 is 1.07 bits per heavy atom. The smallest absolute Gasteiger partial charge is 0.308 e. The number of benzene rings is 1. The van der Waals surface area contributed by atoms with E-state index in [1.807, 2.05) is 69.4 Å². The number of carbonyl (C=O) groups excluding carboxylic acids is 3. The molecule has 55 heavy (non-hydrogen) atoms. The van der Waals surface area contributed by atoms with Gasteiger partial charge in [0.1, 0.15) is 35.8 Å². The van der Waals surface area contributed by atoms with Crippen LogP contribution in [0.15, 0.2) is 54.3 Å². The molecule has 2 fully saturated rings. The van der Waals surface area contributed by atoms with Gasteiger partial charge in [-0.15, -0.1) is 10.2 Å². The standard InChI is InChI=1S/C39H53N7O9/c1-7-32-26(19-45-20-27(40-42-45)21-46-29-11-9-8-10-28(29)41-43-46)16-22(2)12-13-30(48)23(3)17-25(14-15-47)36(24(4)31(49)18-33(50)52-32)53-38-35(51)34(44(5)6)37-39(54-37)55-38/h8-13,15-16,20,23-26,31-32,34-39,49,51H,7,14,17-19,21H2,1-6H3/b13-12+,22-16+/t23-,24+,25+,26-,31-,32-,34?,35?,36-,37?,38-,39+/m1/s1. The average molecular weight is 764 g/mol. The molecule has 0 bridgehead atoms. The highest BCUT2D eigenvalue weighted by molar-refractivity contribution is 5.91. The normalized spacial score (nSPS) is 35.2. The first-order chi connectivity index (χ1) is 26.4. The number of aromatic nitrogens is 6. The van der Waals surface area contributed by atoms with Crippen molar-refractivity contribution in [3.63, 3.8) is 0 Å². The maximum Gasteiger partial charge on any atom is 0.308 e. The molecule has 3 aliphatic heterocycles. The van der Waals surface area contributed by atoms with Crippen LogP contribution in [-0.2, 0) is 46.4 Å². The van der Waals surface area contributed by atoms with Gasteiger partial charge in [0.15, 0.2) is 18.4 Å². The monoisotopic (exact) mass is 763 g/mol. The number of aldehydes is 1. The number of nitrogens with zero attached hydrogens (tertiary/aromatic N) is 7. The van der Waals surface area contributed by atoms with Crippen molar-refractivity contribution in [2.45, 2.75) is 116 Å². The van der Waals surface area contributed by atoms with Gasteiger partial charge in [-0.25, -0.2) is 4.68 Å². The minimum absolute atomic E-state index is 0.0218. The van der Waals surface area contributed by atoms with Crippen LogP contribution in [0.25, 0.3) is 11.0 Å². The van der Waals surface area contributed by atoms with Crippen LogP contribution in [0.2, 0.25) is 0 Å². The average Bonchev–Trinajstić information content (AvgIpc) is 3.58. The Hall–Kier alpha value is -4.19. The van der Waals surface area contributed by atoms with Crippen molar-refractivity contribution in [2.75, 3.05) is 14.1 Å². The minimum Gasteiger partial charge on any atom is -0.462 e. The predicted molar refractivity (Wildman–Crippen MR) is 198 cm³/mol. The third-order valence-corrected chi connectivity index (χ3v) is 11.0. The van der Waals surface area contributed by atoms with Crippen molar-refractivity contribution in [2.24, 2.45) is 23.7 Å². The Morgan fingerprint density at radius 2 is 1.85 bits per heavy atom. The number of aliphatic hydroxyl groups is 2. The molecule has 6 rings (SSSR count). The molecule has 0 spiro atoms. The number of likely N-dealkylation sites (N-methyl/N-ethyl adjacent to an activating group) is 1. The molecule has 3 unspecified atom stereocenters. The van der Waals surface area contributed by atoms with Crippen molar-refractivity contribution in [3.05, 3.63) is 60.0 Å². The summed E-state index contributed by atoms with van der Waals surface area (Å²) >= 11 is 0. The van der Waals surface area contributed by atoms with Crippen LogP contribution >= 0.6 is 0 Å². The molecule has 3 aromatic rings. The maximum absolute atomic E-state index is 13.6. The fourth-order valence-electron chi connectivity index (χ4n) is 7.84. The molecule has 16 heteroatoms. The third kappa shape index (κ3) is 9.62. The first-order valence-electron chi connectivity index (χ1n) is 19.1.